The number of thioether (sulfide) groups is 1. The number of ether oxygens (including phenoxy) is 1. The molecule has 0 aliphatic carbocycles. The first-order valence-corrected chi connectivity index (χ1v) is 6.58. The van der Waals surface area contributed by atoms with Gasteiger partial charge in [-0.25, -0.2) is 0 Å². The minimum atomic E-state index is -4.84. The number of halogens is 6. The second-order valence-electron chi connectivity index (χ2n) is 4.06. The van der Waals surface area contributed by atoms with E-state index in [-0.39, 0.29) is 27.8 Å². The first-order valence-electron chi connectivity index (χ1n) is 5.76. The minimum absolute atomic E-state index is 0.0802. The zero-order chi connectivity index (χ0) is 16.4. The molecule has 0 spiro atoms. The SMILES string of the molecule is FC(F)(F)Oc1cccc(-c2[c]ccc(SC(F)(F)F)c2)c1. The van der Waals surface area contributed by atoms with Crippen LogP contribution in [-0.2, 0) is 0 Å². The molecule has 0 aliphatic rings. The quantitative estimate of drug-likeness (QED) is 0.528. The highest BCUT2D eigenvalue weighted by Crippen LogP contribution is 2.38. The minimum Gasteiger partial charge on any atom is -0.406 e. The maximum Gasteiger partial charge on any atom is 0.573 e. The fourth-order valence-corrected chi connectivity index (χ4v) is 2.25. The first-order chi connectivity index (χ1) is 10.1. The molecule has 0 saturated heterocycles. The summed E-state index contributed by atoms with van der Waals surface area (Å²) in [7, 11) is 0. The Bertz CT molecular complexity index is 593. The summed E-state index contributed by atoms with van der Waals surface area (Å²) in [5.74, 6) is -0.452. The van der Waals surface area contributed by atoms with Crippen LogP contribution in [0.2, 0.25) is 0 Å². The average Bonchev–Trinajstić information content (AvgIpc) is 2.35. The number of alkyl halides is 6. The van der Waals surface area contributed by atoms with Gasteiger partial charge in [0, 0.05) is 4.90 Å². The molecule has 0 fully saturated rings. The fraction of sp³-hybridized carbons (Fsp3) is 0.143. The molecule has 0 N–H and O–H groups in total. The van der Waals surface area contributed by atoms with Crippen LogP contribution in [-0.4, -0.2) is 11.9 Å². The van der Waals surface area contributed by atoms with Crippen LogP contribution < -0.4 is 4.74 Å². The zero-order valence-electron chi connectivity index (χ0n) is 10.6. The van der Waals surface area contributed by atoms with E-state index in [4.69, 9.17) is 0 Å². The molecular formula is C14H7F6OS. The van der Waals surface area contributed by atoms with Crippen molar-refractivity contribution in [2.24, 2.45) is 0 Å². The van der Waals surface area contributed by atoms with Crippen molar-refractivity contribution in [3.63, 3.8) is 0 Å². The highest BCUT2D eigenvalue weighted by Gasteiger charge is 2.31. The Balaban J connectivity index is 2.28. The predicted molar refractivity (Wildman–Crippen MR) is 69.3 cm³/mol. The molecule has 0 amide bonds. The van der Waals surface area contributed by atoms with Crippen LogP contribution in [0.4, 0.5) is 26.3 Å². The van der Waals surface area contributed by atoms with Crippen LogP contribution in [0.25, 0.3) is 11.1 Å². The van der Waals surface area contributed by atoms with Gasteiger partial charge in [-0.1, -0.05) is 18.2 Å². The molecule has 1 nitrogen and oxygen atoms in total. The fourth-order valence-electron chi connectivity index (χ4n) is 1.67. The lowest BCUT2D eigenvalue weighted by atomic mass is 10.1. The Labute approximate surface area is 125 Å². The third kappa shape index (κ3) is 5.18. The Kier molecular flexibility index (Phi) is 4.60. The van der Waals surface area contributed by atoms with Crippen molar-refractivity contribution < 1.29 is 31.1 Å². The van der Waals surface area contributed by atoms with Crippen molar-refractivity contribution in [3.8, 4) is 16.9 Å². The summed E-state index contributed by atoms with van der Waals surface area (Å²) in [4.78, 5) is -0.0802. The Morgan fingerprint density at radius 2 is 1.68 bits per heavy atom. The van der Waals surface area contributed by atoms with Gasteiger partial charge < -0.3 is 4.74 Å². The van der Waals surface area contributed by atoms with E-state index in [1.54, 1.807) is 0 Å². The van der Waals surface area contributed by atoms with E-state index >= 15 is 0 Å². The molecule has 0 aromatic heterocycles. The number of rotatable bonds is 3. The summed E-state index contributed by atoms with van der Waals surface area (Å²) in [5.41, 5.74) is -3.94. The molecule has 2 aromatic carbocycles. The third-order valence-electron chi connectivity index (χ3n) is 2.39. The van der Waals surface area contributed by atoms with Crippen molar-refractivity contribution in [3.05, 3.63) is 48.5 Å². The highest BCUT2D eigenvalue weighted by molar-refractivity contribution is 8.00. The van der Waals surface area contributed by atoms with E-state index in [9.17, 15) is 26.3 Å². The lowest BCUT2D eigenvalue weighted by Crippen LogP contribution is -2.17. The van der Waals surface area contributed by atoms with Gasteiger partial charge in [0.05, 0.1) is 0 Å². The Hall–Kier alpha value is -1.83. The van der Waals surface area contributed by atoms with Crippen LogP contribution in [0.3, 0.4) is 0 Å². The van der Waals surface area contributed by atoms with Crippen LogP contribution >= 0.6 is 11.8 Å². The summed E-state index contributed by atoms with van der Waals surface area (Å²) < 4.78 is 77.3. The molecule has 1 radical (unpaired) electrons. The van der Waals surface area contributed by atoms with Crippen LogP contribution in [0, 0.1) is 6.07 Å². The standard InChI is InChI=1S/C14H7F6OS/c15-13(16,17)21-11-5-1-3-9(7-11)10-4-2-6-12(8-10)22-14(18,19)20/h1-3,5-8H. The topological polar surface area (TPSA) is 9.23 Å². The van der Waals surface area contributed by atoms with Gasteiger partial charge in [-0.3, -0.25) is 0 Å². The molecule has 117 valence electrons. The lowest BCUT2D eigenvalue weighted by molar-refractivity contribution is -0.274. The number of benzene rings is 2. The maximum absolute atomic E-state index is 12.3. The van der Waals surface area contributed by atoms with E-state index in [0.717, 1.165) is 12.1 Å². The molecule has 8 heteroatoms. The normalized spacial score (nSPS) is 12.3. The van der Waals surface area contributed by atoms with E-state index in [0.29, 0.717) is 0 Å². The predicted octanol–water partition coefficient (Wildman–Crippen LogP) is 5.66. The average molecular weight is 337 g/mol. The van der Waals surface area contributed by atoms with Crippen LogP contribution in [0.15, 0.2) is 47.4 Å². The van der Waals surface area contributed by atoms with Gasteiger partial charge in [0.1, 0.15) is 5.75 Å². The van der Waals surface area contributed by atoms with Crippen molar-refractivity contribution in [2.45, 2.75) is 16.8 Å². The smallest absolute Gasteiger partial charge is 0.406 e. The van der Waals surface area contributed by atoms with Crippen LogP contribution in [0.1, 0.15) is 0 Å². The summed E-state index contributed by atoms with van der Waals surface area (Å²) in [6, 6.07) is 11.3. The van der Waals surface area contributed by atoms with Crippen molar-refractivity contribution in [1.82, 2.24) is 0 Å². The van der Waals surface area contributed by atoms with Gasteiger partial charge in [0.25, 0.3) is 0 Å². The number of hydrogen-bond acceptors (Lipinski definition) is 2. The van der Waals surface area contributed by atoms with E-state index in [2.05, 4.69) is 10.8 Å². The molecule has 0 unspecified atom stereocenters. The monoisotopic (exact) mass is 337 g/mol. The van der Waals surface area contributed by atoms with E-state index in [1.165, 1.54) is 30.3 Å². The Morgan fingerprint density at radius 1 is 0.955 bits per heavy atom. The van der Waals surface area contributed by atoms with Crippen LogP contribution in [0.5, 0.6) is 5.75 Å². The largest absolute Gasteiger partial charge is 0.573 e. The summed E-state index contributed by atoms with van der Waals surface area (Å²) in [6.45, 7) is 0. The third-order valence-corrected chi connectivity index (χ3v) is 3.11. The lowest BCUT2D eigenvalue weighted by Gasteiger charge is -2.11. The molecule has 0 bridgehead atoms. The van der Waals surface area contributed by atoms with E-state index in [1.807, 2.05) is 0 Å². The van der Waals surface area contributed by atoms with Gasteiger partial charge in [-0.2, -0.15) is 13.2 Å². The highest BCUT2D eigenvalue weighted by atomic mass is 32.2. The molecular weight excluding hydrogens is 330 g/mol. The van der Waals surface area contributed by atoms with Crippen molar-refractivity contribution in [1.29, 1.82) is 0 Å². The van der Waals surface area contributed by atoms with Gasteiger partial charge >= 0.3 is 11.9 Å². The van der Waals surface area contributed by atoms with Gasteiger partial charge in [0.15, 0.2) is 0 Å². The summed E-state index contributed by atoms with van der Waals surface area (Å²) in [5, 5.41) is 0. The molecule has 0 atom stereocenters. The zero-order valence-corrected chi connectivity index (χ0v) is 11.4. The Morgan fingerprint density at radius 3 is 2.32 bits per heavy atom. The number of hydrogen-bond donors (Lipinski definition) is 0. The van der Waals surface area contributed by atoms with Gasteiger partial charge in [-0.05, 0) is 53.2 Å². The van der Waals surface area contributed by atoms with Crippen molar-refractivity contribution >= 4 is 11.8 Å². The molecule has 2 rings (SSSR count). The molecule has 0 saturated carbocycles. The molecule has 22 heavy (non-hydrogen) atoms. The van der Waals surface area contributed by atoms with Gasteiger partial charge in [-0.15, -0.1) is 13.2 Å². The molecule has 2 aromatic rings. The molecule has 0 aliphatic heterocycles. The summed E-state index contributed by atoms with van der Waals surface area (Å²) in [6.07, 6.45) is -4.84. The molecule has 0 heterocycles. The second kappa shape index (κ2) is 6.12. The first kappa shape index (κ1) is 16.5. The van der Waals surface area contributed by atoms with Gasteiger partial charge in [0.2, 0.25) is 0 Å². The maximum atomic E-state index is 12.3. The summed E-state index contributed by atoms with van der Waals surface area (Å²) >= 11 is -0.307. The van der Waals surface area contributed by atoms with E-state index < -0.39 is 17.6 Å². The van der Waals surface area contributed by atoms with Crippen molar-refractivity contribution in [2.75, 3.05) is 0 Å². The second-order valence-corrected chi connectivity index (χ2v) is 5.20.